The minimum atomic E-state index is -2.42. The van der Waals surface area contributed by atoms with Crippen molar-refractivity contribution in [3.8, 4) is 0 Å². The summed E-state index contributed by atoms with van der Waals surface area (Å²) in [6.45, 7) is 2.63. The normalized spacial score (nSPS) is 12.7. The van der Waals surface area contributed by atoms with Crippen LogP contribution in [0.25, 0.3) is 0 Å². The molecule has 0 saturated carbocycles. The van der Waals surface area contributed by atoms with Gasteiger partial charge < -0.3 is 5.32 Å². The summed E-state index contributed by atoms with van der Waals surface area (Å²) < 4.78 is 24.9. The van der Waals surface area contributed by atoms with Gasteiger partial charge in [-0.25, -0.2) is 8.78 Å². The first-order valence-electron chi connectivity index (χ1n) is 6.42. The van der Waals surface area contributed by atoms with Gasteiger partial charge in [0.2, 0.25) is 0 Å². The lowest BCUT2D eigenvalue weighted by molar-refractivity contribution is 0.151. The van der Waals surface area contributed by atoms with Crippen LogP contribution in [-0.4, -0.2) is 0 Å². The smallest absolute Gasteiger partial charge is 0.263 e. The highest BCUT2D eigenvalue weighted by molar-refractivity contribution is 6.31. The van der Waals surface area contributed by atoms with E-state index in [1.54, 1.807) is 12.1 Å². The third kappa shape index (κ3) is 3.78. The van der Waals surface area contributed by atoms with Crippen molar-refractivity contribution in [1.82, 2.24) is 5.32 Å². The third-order valence-corrected chi connectivity index (χ3v) is 3.56. The Hall–Kier alpha value is -1.45. The molecule has 0 aliphatic heterocycles. The summed E-state index contributed by atoms with van der Waals surface area (Å²) in [6.07, 6.45) is -2.42. The molecule has 0 fully saturated rings. The lowest BCUT2D eigenvalue weighted by atomic mass is 10.1. The molecule has 0 amide bonds. The van der Waals surface area contributed by atoms with Crippen molar-refractivity contribution in [3.05, 3.63) is 70.2 Å². The Kier molecular flexibility index (Phi) is 5.10. The summed E-state index contributed by atoms with van der Waals surface area (Å²) in [5, 5.41) is 4.06. The molecule has 0 saturated heterocycles. The molecule has 20 heavy (non-hydrogen) atoms. The fourth-order valence-electron chi connectivity index (χ4n) is 1.99. The van der Waals surface area contributed by atoms with Gasteiger partial charge in [0.1, 0.15) is 0 Å². The molecule has 0 heterocycles. The molecule has 0 aliphatic rings. The van der Waals surface area contributed by atoms with Crippen LogP contribution in [0.3, 0.4) is 0 Å². The van der Waals surface area contributed by atoms with Gasteiger partial charge in [0.25, 0.3) is 6.43 Å². The molecule has 4 heteroatoms. The van der Waals surface area contributed by atoms with Gasteiger partial charge in [-0.15, -0.1) is 0 Å². The number of hydrogen-bond donors (Lipinski definition) is 1. The second-order valence-corrected chi connectivity index (χ2v) is 5.07. The van der Waals surface area contributed by atoms with Crippen LogP contribution < -0.4 is 5.32 Å². The number of rotatable bonds is 5. The fraction of sp³-hybridized carbons (Fsp3) is 0.250. The molecule has 1 nitrogen and oxygen atoms in total. The predicted octanol–water partition coefficient (Wildman–Crippen LogP) is 5.13. The minimum absolute atomic E-state index is 0.0490. The van der Waals surface area contributed by atoms with Crippen LogP contribution in [0.4, 0.5) is 8.78 Å². The average Bonchev–Trinajstić information content (AvgIpc) is 2.45. The van der Waals surface area contributed by atoms with Crippen molar-refractivity contribution in [2.24, 2.45) is 0 Å². The highest BCUT2D eigenvalue weighted by atomic mass is 35.5. The van der Waals surface area contributed by atoms with Crippen LogP contribution in [0, 0.1) is 0 Å². The molecule has 2 aromatic carbocycles. The van der Waals surface area contributed by atoms with E-state index in [9.17, 15) is 8.78 Å². The molecular formula is C16H16ClF2N. The second-order valence-electron chi connectivity index (χ2n) is 4.67. The van der Waals surface area contributed by atoms with Crippen LogP contribution in [0.15, 0.2) is 48.5 Å². The first-order valence-corrected chi connectivity index (χ1v) is 6.80. The van der Waals surface area contributed by atoms with Gasteiger partial charge in [0.15, 0.2) is 0 Å². The van der Waals surface area contributed by atoms with Gasteiger partial charge in [0.05, 0.1) is 0 Å². The Labute approximate surface area is 122 Å². The van der Waals surface area contributed by atoms with Crippen LogP contribution in [0.5, 0.6) is 0 Å². The summed E-state index contributed by atoms with van der Waals surface area (Å²) in [4.78, 5) is 0. The summed E-state index contributed by atoms with van der Waals surface area (Å²) >= 11 is 6.13. The molecule has 0 spiro atoms. The van der Waals surface area contributed by atoms with Gasteiger partial charge in [-0.05, 0) is 24.1 Å². The number of hydrogen-bond acceptors (Lipinski definition) is 1. The molecule has 0 aromatic heterocycles. The predicted molar refractivity (Wildman–Crippen MR) is 78.1 cm³/mol. The van der Waals surface area contributed by atoms with E-state index in [1.165, 1.54) is 12.1 Å². The lowest BCUT2D eigenvalue weighted by Crippen LogP contribution is -2.18. The van der Waals surface area contributed by atoms with Crippen LogP contribution in [0.2, 0.25) is 5.02 Å². The summed E-state index contributed by atoms with van der Waals surface area (Å²) in [5.41, 5.74) is 2.04. The first-order chi connectivity index (χ1) is 9.58. The summed E-state index contributed by atoms with van der Waals surface area (Å²) in [7, 11) is 0. The molecule has 0 unspecified atom stereocenters. The summed E-state index contributed by atoms with van der Waals surface area (Å²) in [5.74, 6) is 0. The van der Waals surface area contributed by atoms with Crippen molar-refractivity contribution < 1.29 is 8.78 Å². The number of halogens is 3. The Morgan fingerprint density at radius 2 is 1.70 bits per heavy atom. The zero-order valence-corrected chi connectivity index (χ0v) is 11.9. The maximum atomic E-state index is 12.4. The zero-order chi connectivity index (χ0) is 14.5. The third-order valence-electron chi connectivity index (χ3n) is 3.22. The van der Waals surface area contributed by atoms with E-state index in [0.29, 0.717) is 6.54 Å². The standard InChI is InChI=1S/C16H16ClF2N/c1-11(14-4-2-3-5-15(14)17)20-10-12-6-8-13(9-7-12)16(18)19/h2-9,11,16,20H,10H2,1H3/t11-/m1/s1. The Morgan fingerprint density at radius 3 is 2.30 bits per heavy atom. The fourth-order valence-corrected chi connectivity index (χ4v) is 2.29. The van der Waals surface area contributed by atoms with Crippen molar-refractivity contribution >= 4 is 11.6 Å². The molecule has 106 valence electrons. The Balaban J connectivity index is 1.96. The molecule has 0 bridgehead atoms. The SMILES string of the molecule is C[C@@H](NCc1ccc(C(F)F)cc1)c1ccccc1Cl. The van der Waals surface area contributed by atoms with E-state index in [-0.39, 0.29) is 11.6 Å². The number of alkyl halides is 2. The van der Waals surface area contributed by atoms with Crippen LogP contribution in [-0.2, 0) is 6.54 Å². The van der Waals surface area contributed by atoms with Crippen molar-refractivity contribution in [2.75, 3.05) is 0 Å². The molecular weight excluding hydrogens is 280 g/mol. The van der Waals surface area contributed by atoms with Crippen molar-refractivity contribution in [2.45, 2.75) is 25.9 Å². The Morgan fingerprint density at radius 1 is 1.05 bits per heavy atom. The van der Waals surface area contributed by atoms with Crippen molar-refractivity contribution in [3.63, 3.8) is 0 Å². The van der Waals surface area contributed by atoms with Gasteiger partial charge in [-0.1, -0.05) is 54.1 Å². The highest BCUT2D eigenvalue weighted by Gasteiger charge is 2.09. The first kappa shape index (κ1) is 14.9. The second kappa shape index (κ2) is 6.82. The number of nitrogens with one attached hydrogen (secondary N) is 1. The largest absolute Gasteiger partial charge is 0.306 e. The minimum Gasteiger partial charge on any atom is -0.306 e. The molecule has 1 atom stereocenters. The van der Waals surface area contributed by atoms with Crippen molar-refractivity contribution in [1.29, 1.82) is 0 Å². The maximum Gasteiger partial charge on any atom is 0.263 e. The molecule has 1 N–H and O–H groups in total. The molecule has 2 aromatic rings. The van der Waals surface area contributed by atoms with E-state index in [4.69, 9.17) is 11.6 Å². The van der Waals surface area contributed by atoms with E-state index in [0.717, 1.165) is 16.1 Å². The van der Waals surface area contributed by atoms with Crippen LogP contribution >= 0.6 is 11.6 Å². The Bertz CT molecular complexity index is 555. The molecule has 0 radical (unpaired) electrons. The average molecular weight is 296 g/mol. The van der Waals surface area contributed by atoms with E-state index >= 15 is 0 Å². The zero-order valence-electron chi connectivity index (χ0n) is 11.1. The number of benzene rings is 2. The molecule has 0 aliphatic carbocycles. The van der Waals surface area contributed by atoms with Gasteiger partial charge >= 0.3 is 0 Å². The monoisotopic (exact) mass is 295 g/mol. The van der Waals surface area contributed by atoms with E-state index < -0.39 is 6.43 Å². The summed E-state index contributed by atoms with van der Waals surface area (Å²) in [6, 6.07) is 14.1. The van der Waals surface area contributed by atoms with Gasteiger partial charge in [-0.3, -0.25) is 0 Å². The van der Waals surface area contributed by atoms with E-state index in [1.807, 2.05) is 31.2 Å². The van der Waals surface area contributed by atoms with Gasteiger partial charge in [0, 0.05) is 23.2 Å². The molecule has 2 rings (SSSR count). The topological polar surface area (TPSA) is 12.0 Å². The quantitative estimate of drug-likeness (QED) is 0.806. The highest BCUT2D eigenvalue weighted by Crippen LogP contribution is 2.23. The van der Waals surface area contributed by atoms with Crippen LogP contribution in [0.1, 0.15) is 36.1 Å². The van der Waals surface area contributed by atoms with E-state index in [2.05, 4.69) is 5.32 Å². The maximum absolute atomic E-state index is 12.4. The van der Waals surface area contributed by atoms with Gasteiger partial charge in [-0.2, -0.15) is 0 Å². The lowest BCUT2D eigenvalue weighted by Gasteiger charge is -2.15.